The topological polar surface area (TPSA) is 78.4 Å². The molecular weight excluding hydrogens is 287 g/mol. The zero-order valence-corrected chi connectivity index (χ0v) is 11.7. The summed E-state index contributed by atoms with van der Waals surface area (Å²) in [7, 11) is 0. The van der Waals surface area contributed by atoms with Crippen molar-refractivity contribution in [2.24, 2.45) is 0 Å². The molecule has 1 aromatic rings. The Bertz CT molecular complexity index is 497. The van der Waals surface area contributed by atoms with Gasteiger partial charge in [-0.25, -0.2) is 14.0 Å². The van der Waals surface area contributed by atoms with Crippen LogP contribution in [0.25, 0.3) is 0 Å². The van der Waals surface area contributed by atoms with Gasteiger partial charge in [0.2, 0.25) is 0 Å². The molecule has 0 spiro atoms. The predicted molar refractivity (Wildman–Crippen MR) is 74.5 cm³/mol. The summed E-state index contributed by atoms with van der Waals surface area (Å²) in [6, 6.07) is 2.08. The number of carboxylic acid groups (broad SMARTS) is 1. The third-order valence-electron chi connectivity index (χ3n) is 2.63. The van der Waals surface area contributed by atoms with Gasteiger partial charge in [-0.2, -0.15) is 0 Å². The van der Waals surface area contributed by atoms with Crippen LogP contribution in [0, 0.1) is 5.82 Å². The number of nitrogens with one attached hydrogen (secondary N) is 2. The van der Waals surface area contributed by atoms with Gasteiger partial charge in [0.1, 0.15) is 11.9 Å². The molecule has 7 heteroatoms. The lowest BCUT2D eigenvalue weighted by Gasteiger charge is -2.14. The third kappa shape index (κ3) is 5.05. The van der Waals surface area contributed by atoms with Crippen LogP contribution >= 0.6 is 11.6 Å². The first-order valence-corrected chi connectivity index (χ1v) is 6.57. The number of aliphatic carboxylic acids is 1. The summed E-state index contributed by atoms with van der Waals surface area (Å²) in [5, 5.41) is 13.6. The van der Waals surface area contributed by atoms with Crippen LogP contribution < -0.4 is 10.6 Å². The highest BCUT2D eigenvalue weighted by atomic mass is 35.5. The van der Waals surface area contributed by atoms with Crippen LogP contribution in [0.2, 0.25) is 5.02 Å². The molecule has 0 fully saturated rings. The fourth-order valence-electron chi connectivity index (χ4n) is 1.56. The molecule has 2 amide bonds. The largest absolute Gasteiger partial charge is 0.480 e. The van der Waals surface area contributed by atoms with Crippen molar-refractivity contribution in [2.75, 3.05) is 5.32 Å². The summed E-state index contributed by atoms with van der Waals surface area (Å²) in [6.07, 6.45) is 1.88. The molecule has 0 saturated carbocycles. The van der Waals surface area contributed by atoms with Crippen LogP contribution in [-0.4, -0.2) is 23.1 Å². The van der Waals surface area contributed by atoms with Gasteiger partial charge in [0.25, 0.3) is 0 Å². The molecule has 0 radical (unpaired) electrons. The summed E-state index contributed by atoms with van der Waals surface area (Å²) in [5.74, 6) is -1.69. The summed E-state index contributed by atoms with van der Waals surface area (Å²) in [5.41, 5.74) is 0.286. The molecule has 1 rings (SSSR count). The molecule has 0 aliphatic carbocycles. The second-order valence-corrected chi connectivity index (χ2v) is 4.67. The predicted octanol–water partition coefficient (Wildman–Crippen LogP) is 3.24. The van der Waals surface area contributed by atoms with Crippen molar-refractivity contribution in [2.45, 2.75) is 32.2 Å². The summed E-state index contributed by atoms with van der Waals surface area (Å²) < 4.78 is 13.0. The van der Waals surface area contributed by atoms with Crippen LogP contribution in [0.5, 0.6) is 0 Å². The minimum absolute atomic E-state index is 0.122. The molecule has 0 aliphatic rings. The van der Waals surface area contributed by atoms with Crippen molar-refractivity contribution >= 4 is 29.3 Å². The molecule has 1 atom stereocenters. The van der Waals surface area contributed by atoms with Crippen LogP contribution in [0.3, 0.4) is 0 Å². The quantitative estimate of drug-likeness (QED) is 0.755. The number of hydrogen-bond donors (Lipinski definition) is 3. The number of rotatable bonds is 6. The maximum atomic E-state index is 13.0. The Balaban J connectivity index is 2.60. The monoisotopic (exact) mass is 302 g/mol. The van der Waals surface area contributed by atoms with Crippen LogP contribution in [-0.2, 0) is 4.79 Å². The summed E-state index contributed by atoms with van der Waals surface area (Å²) in [4.78, 5) is 22.6. The standard InChI is InChI=1S/C13H16ClFN2O3/c1-2-3-4-11(12(18)19)17-13(20)16-8-5-6-10(15)9(14)7-8/h5-7,11H,2-4H2,1H3,(H,18,19)(H2,16,17,20). The molecule has 0 aromatic heterocycles. The van der Waals surface area contributed by atoms with Gasteiger partial charge in [-0.1, -0.05) is 31.4 Å². The molecule has 0 saturated heterocycles. The highest BCUT2D eigenvalue weighted by Crippen LogP contribution is 2.19. The van der Waals surface area contributed by atoms with Gasteiger partial charge >= 0.3 is 12.0 Å². The number of urea groups is 1. The second kappa shape index (κ2) is 7.69. The highest BCUT2D eigenvalue weighted by Gasteiger charge is 2.19. The maximum Gasteiger partial charge on any atom is 0.326 e. The molecule has 5 nitrogen and oxygen atoms in total. The number of amides is 2. The molecule has 0 bridgehead atoms. The number of carboxylic acids is 1. The van der Waals surface area contributed by atoms with Gasteiger partial charge in [0, 0.05) is 5.69 Å². The van der Waals surface area contributed by atoms with Crippen LogP contribution in [0.1, 0.15) is 26.2 Å². The Morgan fingerprint density at radius 3 is 2.70 bits per heavy atom. The highest BCUT2D eigenvalue weighted by molar-refractivity contribution is 6.31. The number of halogens is 2. The van der Waals surface area contributed by atoms with E-state index in [1.54, 1.807) is 0 Å². The zero-order chi connectivity index (χ0) is 15.1. The first-order valence-electron chi connectivity index (χ1n) is 6.19. The van der Waals surface area contributed by atoms with Crippen molar-refractivity contribution < 1.29 is 19.1 Å². The maximum absolute atomic E-state index is 13.0. The van der Waals surface area contributed by atoms with E-state index < -0.39 is 23.9 Å². The van der Waals surface area contributed by atoms with E-state index in [-0.39, 0.29) is 10.7 Å². The number of hydrogen-bond acceptors (Lipinski definition) is 2. The van der Waals surface area contributed by atoms with Gasteiger partial charge in [0.05, 0.1) is 5.02 Å². The van der Waals surface area contributed by atoms with Gasteiger partial charge in [-0.3, -0.25) is 0 Å². The van der Waals surface area contributed by atoms with E-state index in [4.69, 9.17) is 16.7 Å². The normalized spacial score (nSPS) is 11.8. The summed E-state index contributed by atoms with van der Waals surface area (Å²) in [6.45, 7) is 1.93. The lowest BCUT2D eigenvalue weighted by atomic mass is 10.1. The average molecular weight is 303 g/mol. The molecule has 3 N–H and O–H groups in total. The van der Waals surface area contributed by atoms with Crippen LogP contribution in [0.15, 0.2) is 18.2 Å². The first kappa shape index (κ1) is 16.2. The van der Waals surface area contributed by atoms with E-state index in [1.807, 2.05) is 6.92 Å². The van der Waals surface area contributed by atoms with E-state index in [9.17, 15) is 14.0 Å². The molecule has 0 aliphatic heterocycles. The molecular formula is C13H16ClFN2O3. The average Bonchev–Trinajstić information content (AvgIpc) is 2.38. The molecule has 1 unspecified atom stereocenters. The third-order valence-corrected chi connectivity index (χ3v) is 2.92. The number of benzene rings is 1. The van der Waals surface area contributed by atoms with Crippen molar-refractivity contribution in [3.05, 3.63) is 29.0 Å². The van der Waals surface area contributed by atoms with Gasteiger partial charge in [0.15, 0.2) is 0 Å². The Morgan fingerprint density at radius 1 is 1.45 bits per heavy atom. The van der Waals surface area contributed by atoms with Crippen LogP contribution in [0.4, 0.5) is 14.9 Å². The first-order chi connectivity index (χ1) is 9.43. The fourth-order valence-corrected chi connectivity index (χ4v) is 1.75. The Labute approximate surface area is 121 Å². The summed E-state index contributed by atoms with van der Waals surface area (Å²) >= 11 is 5.58. The Kier molecular flexibility index (Phi) is 6.24. The number of carbonyl (C=O) groups excluding carboxylic acids is 1. The number of carbonyl (C=O) groups is 2. The fraction of sp³-hybridized carbons (Fsp3) is 0.385. The van der Waals surface area contributed by atoms with E-state index in [0.717, 1.165) is 12.5 Å². The lowest BCUT2D eigenvalue weighted by Crippen LogP contribution is -2.42. The van der Waals surface area contributed by atoms with E-state index in [0.29, 0.717) is 12.8 Å². The van der Waals surface area contributed by atoms with Gasteiger partial charge in [-0.05, 0) is 24.6 Å². The molecule has 20 heavy (non-hydrogen) atoms. The van der Waals surface area contributed by atoms with Crippen molar-refractivity contribution in [3.8, 4) is 0 Å². The zero-order valence-electron chi connectivity index (χ0n) is 11.0. The van der Waals surface area contributed by atoms with Gasteiger partial charge < -0.3 is 15.7 Å². The van der Waals surface area contributed by atoms with E-state index in [1.165, 1.54) is 12.1 Å². The van der Waals surface area contributed by atoms with E-state index in [2.05, 4.69) is 10.6 Å². The molecule has 0 heterocycles. The smallest absolute Gasteiger partial charge is 0.326 e. The molecule has 1 aromatic carbocycles. The number of unbranched alkanes of at least 4 members (excludes halogenated alkanes) is 1. The number of anilines is 1. The van der Waals surface area contributed by atoms with E-state index >= 15 is 0 Å². The minimum atomic E-state index is -1.09. The van der Waals surface area contributed by atoms with Crippen molar-refractivity contribution in [3.63, 3.8) is 0 Å². The SMILES string of the molecule is CCCCC(NC(=O)Nc1ccc(F)c(Cl)c1)C(=O)O. The lowest BCUT2D eigenvalue weighted by molar-refractivity contribution is -0.139. The van der Waals surface area contributed by atoms with Crippen molar-refractivity contribution in [1.29, 1.82) is 0 Å². The Hall–Kier alpha value is -1.82. The minimum Gasteiger partial charge on any atom is -0.480 e. The van der Waals surface area contributed by atoms with Gasteiger partial charge in [-0.15, -0.1) is 0 Å². The van der Waals surface area contributed by atoms with Crippen molar-refractivity contribution in [1.82, 2.24) is 5.32 Å². The Morgan fingerprint density at radius 2 is 2.15 bits per heavy atom. The second-order valence-electron chi connectivity index (χ2n) is 4.26. The molecule has 110 valence electrons.